The Morgan fingerprint density at radius 3 is 2.54 bits per heavy atom. The molecule has 5 nitrogen and oxygen atoms in total. The van der Waals surface area contributed by atoms with Gasteiger partial charge >= 0.3 is 6.18 Å². The maximum absolute atomic E-state index is 12.7. The third-order valence-electron chi connectivity index (χ3n) is 3.91. The Balaban J connectivity index is 1.64. The fourth-order valence-electron chi connectivity index (χ4n) is 2.63. The molecule has 0 amide bonds. The van der Waals surface area contributed by atoms with Gasteiger partial charge in [0.25, 0.3) is 0 Å². The van der Waals surface area contributed by atoms with Crippen LogP contribution in [0.15, 0.2) is 67.4 Å². The van der Waals surface area contributed by atoms with Crippen LogP contribution in [0.5, 0.6) is 0 Å². The molecule has 1 aromatic carbocycles. The van der Waals surface area contributed by atoms with Crippen molar-refractivity contribution >= 4 is 17.0 Å². The molecule has 26 heavy (non-hydrogen) atoms. The Morgan fingerprint density at radius 2 is 1.77 bits per heavy atom. The summed E-state index contributed by atoms with van der Waals surface area (Å²) in [6.07, 6.45) is 2.43. The van der Waals surface area contributed by atoms with Gasteiger partial charge in [0.1, 0.15) is 0 Å². The second-order valence-electron chi connectivity index (χ2n) is 5.64. The van der Waals surface area contributed by atoms with Gasteiger partial charge in [-0.25, -0.2) is 4.98 Å². The first-order valence-corrected chi connectivity index (χ1v) is 7.69. The number of benzene rings is 1. The predicted octanol–water partition coefficient (Wildman–Crippen LogP) is 4.55. The van der Waals surface area contributed by atoms with Crippen LogP contribution in [-0.2, 0) is 6.18 Å². The SMILES string of the molecule is FC(F)(F)c1ccc(-c2cnnc(Nc3cccn4cncc34)c2)cc1. The molecule has 130 valence electrons. The summed E-state index contributed by atoms with van der Waals surface area (Å²) in [5.41, 5.74) is 2.27. The largest absolute Gasteiger partial charge is 0.416 e. The van der Waals surface area contributed by atoms with E-state index in [9.17, 15) is 13.2 Å². The van der Waals surface area contributed by atoms with Crippen LogP contribution in [0, 0.1) is 0 Å². The van der Waals surface area contributed by atoms with Crippen LogP contribution in [-0.4, -0.2) is 19.6 Å². The summed E-state index contributed by atoms with van der Waals surface area (Å²) >= 11 is 0. The molecule has 0 aliphatic heterocycles. The third kappa shape index (κ3) is 3.08. The highest BCUT2D eigenvalue weighted by molar-refractivity contribution is 5.76. The monoisotopic (exact) mass is 355 g/mol. The molecule has 1 N–H and O–H groups in total. The van der Waals surface area contributed by atoms with Crippen molar-refractivity contribution in [2.45, 2.75) is 6.18 Å². The molecular formula is C18H12F3N5. The van der Waals surface area contributed by atoms with E-state index in [4.69, 9.17) is 0 Å². The van der Waals surface area contributed by atoms with E-state index in [0.29, 0.717) is 16.9 Å². The minimum atomic E-state index is -4.36. The minimum Gasteiger partial charge on any atom is -0.337 e. The molecule has 0 aliphatic carbocycles. The number of nitrogens with zero attached hydrogens (tertiary/aromatic N) is 4. The zero-order chi connectivity index (χ0) is 18.1. The molecule has 3 aromatic heterocycles. The lowest BCUT2D eigenvalue weighted by atomic mass is 10.1. The van der Waals surface area contributed by atoms with Gasteiger partial charge in [0, 0.05) is 11.8 Å². The van der Waals surface area contributed by atoms with Gasteiger partial charge in [-0.2, -0.15) is 18.3 Å². The standard InChI is InChI=1S/C18H12F3N5/c19-18(20,21)14-5-3-12(4-6-14)13-8-17(25-23-9-13)24-15-2-1-7-26-11-22-10-16(15)26/h1-11H,(H,24,25). The number of anilines is 2. The van der Waals surface area contributed by atoms with E-state index in [2.05, 4.69) is 20.5 Å². The van der Waals surface area contributed by atoms with Crippen molar-refractivity contribution in [1.29, 1.82) is 0 Å². The molecule has 8 heteroatoms. The Hall–Kier alpha value is -3.42. The molecule has 0 bridgehead atoms. The lowest BCUT2D eigenvalue weighted by molar-refractivity contribution is -0.137. The topological polar surface area (TPSA) is 55.1 Å². The Bertz CT molecular complexity index is 1050. The van der Waals surface area contributed by atoms with Gasteiger partial charge in [0.2, 0.25) is 0 Å². The molecule has 0 unspecified atom stereocenters. The molecule has 4 rings (SSSR count). The molecule has 0 spiro atoms. The smallest absolute Gasteiger partial charge is 0.337 e. The molecule has 3 heterocycles. The van der Waals surface area contributed by atoms with Gasteiger partial charge < -0.3 is 9.72 Å². The number of nitrogens with one attached hydrogen (secondary N) is 1. The lowest BCUT2D eigenvalue weighted by Gasteiger charge is -2.09. The zero-order valence-electron chi connectivity index (χ0n) is 13.3. The molecule has 0 fully saturated rings. The summed E-state index contributed by atoms with van der Waals surface area (Å²) in [7, 11) is 0. The van der Waals surface area contributed by atoms with E-state index in [-0.39, 0.29) is 0 Å². The molecule has 0 saturated carbocycles. The number of pyridine rings is 1. The lowest BCUT2D eigenvalue weighted by Crippen LogP contribution is -2.04. The fraction of sp³-hybridized carbons (Fsp3) is 0.0556. The van der Waals surface area contributed by atoms with E-state index in [1.165, 1.54) is 18.3 Å². The average Bonchev–Trinajstić information content (AvgIpc) is 3.11. The predicted molar refractivity (Wildman–Crippen MR) is 90.9 cm³/mol. The summed E-state index contributed by atoms with van der Waals surface area (Å²) in [4.78, 5) is 4.09. The van der Waals surface area contributed by atoms with Crippen LogP contribution in [0.25, 0.3) is 16.6 Å². The van der Waals surface area contributed by atoms with Crippen molar-refractivity contribution in [3.63, 3.8) is 0 Å². The third-order valence-corrected chi connectivity index (χ3v) is 3.91. The van der Waals surface area contributed by atoms with Gasteiger partial charge in [-0.15, -0.1) is 5.10 Å². The van der Waals surface area contributed by atoms with Crippen molar-refractivity contribution in [3.8, 4) is 11.1 Å². The molecule has 0 aliphatic rings. The second kappa shape index (κ2) is 6.14. The average molecular weight is 355 g/mol. The number of rotatable bonds is 3. The van der Waals surface area contributed by atoms with Crippen molar-refractivity contribution in [2.24, 2.45) is 0 Å². The van der Waals surface area contributed by atoms with E-state index >= 15 is 0 Å². The van der Waals surface area contributed by atoms with Crippen LogP contribution < -0.4 is 5.32 Å². The van der Waals surface area contributed by atoms with Crippen LogP contribution in [0.3, 0.4) is 0 Å². The highest BCUT2D eigenvalue weighted by Crippen LogP contribution is 2.31. The first-order chi connectivity index (χ1) is 12.5. The highest BCUT2D eigenvalue weighted by Gasteiger charge is 2.29. The Kier molecular flexibility index (Phi) is 3.80. The quantitative estimate of drug-likeness (QED) is 0.586. The van der Waals surface area contributed by atoms with Gasteiger partial charge in [-0.05, 0) is 35.9 Å². The number of aromatic nitrogens is 4. The van der Waals surface area contributed by atoms with Crippen molar-refractivity contribution in [3.05, 3.63) is 72.9 Å². The van der Waals surface area contributed by atoms with Gasteiger partial charge in [0.15, 0.2) is 5.82 Å². The molecule has 0 atom stereocenters. The number of hydrogen-bond acceptors (Lipinski definition) is 4. The van der Waals surface area contributed by atoms with E-state index in [0.717, 1.165) is 23.3 Å². The first-order valence-electron chi connectivity index (χ1n) is 7.69. The summed E-state index contributed by atoms with van der Waals surface area (Å²) in [6.45, 7) is 0. The normalized spacial score (nSPS) is 11.7. The van der Waals surface area contributed by atoms with Gasteiger partial charge in [-0.1, -0.05) is 12.1 Å². The van der Waals surface area contributed by atoms with Crippen LogP contribution in [0.2, 0.25) is 0 Å². The van der Waals surface area contributed by atoms with Gasteiger partial charge in [-0.3, -0.25) is 0 Å². The molecule has 4 aromatic rings. The second-order valence-corrected chi connectivity index (χ2v) is 5.64. The van der Waals surface area contributed by atoms with Crippen LogP contribution in [0.1, 0.15) is 5.56 Å². The van der Waals surface area contributed by atoms with E-state index in [1.54, 1.807) is 18.6 Å². The maximum Gasteiger partial charge on any atom is 0.416 e. The molecular weight excluding hydrogens is 343 g/mol. The summed E-state index contributed by atoms with van der Waals surface area (Å²) < 4.78 is 39.9. The van der Waals surface area contributed by atoms with Crippen LogP contribution in [0.4, 0.5) is 24.7 Å². The van der Waals surface area contributed by atoms with Crippen molar-refractivity contribution in [1.82, 2.24) is 19.6 Å². The summed E-state index contributed by atoms with van der Waals surface area (Å²) in [6, 6.07) is 10.4. The van der Waals surface area contributed by atoms with Crippen molar-refractivity contribution < 1.29 is 13.2 Å². The van der Waals surface area contributed by atoms with Crippen LogP contribution >= 0.6 is 0 Å². The zero-order valence-corrected chi connectivity index (χ0v) is 13.3. The highest BCUT2D eigenvalue weighted by atomic mass is 19.4. The summed E-state index contributed by atoms with van der Waals surface area (Å²) in [5, 5.41) is 11.1. The number of halogens is 3. The number of alkyl halides is 3. The summed E-state index contributed by atoms with van der Waals surface area (Å²) in [5.74, 6) is 0.483. The van der Waals surface area contributed by atoms with Crippen molar-refractivity contribution in [2.75, 3.05) is 5.32 Å². The van der Waals surface area contributed by atoms with E-state index in [1.807, 2.05) is 22.7 Å². The molecule has 0 radical (unpaired) electrons. The molecule has 0 saturated heterocycles. The Labute approximate surface area is 146 Å². The maximum atomic E-state index is 12.7. The first kappa shape index (κ1) is 16.1. The number of hydrogen-bond donors (Lipinski definition) is 1. The van der Waals surface area contributed by atoms with E-state index < -0.39 is 11.7 Å². The Morgan fingerprint density at radius 1 is 0.962 bits per heavy atom. The minimum absolute atomic E-state index is 0.483. The number of fused-ring (bicyclic) bond motifs is 1. The van der Waals surface area contributed by atoms with Gasteiger partial charge in [0.05, 0.1) is 35.5 Å². The fourth-order valence-corrected chi connectivity index (χ4v) is 2.63. The number of imidazole rings is 1.